The highest BCUT2D eigenvalue weighted by molar-refractivity contribution is 6.03. The number of amides is 2. The molecular formula is C17H22N4O3. The van der Waals surface area contributed by atoms with Crippen molar-refractivity contribution in [3.63, 3.8) is 0 Å². The fraction of sp³-hybridized carbons (Fsp3) is 0.353. The standard InChI is InChI=1S/C17H22N4O3/c1-5-15-18-11(2)16(24-15)17(23)20-13-8-6-7-12(9-13)19-14(22)10-21(3)4/h6-9H,5,10H2,1-4H3,(H,19,22)(H,20,23). The van der Waals surface area contributed by atoms with E-state index < -0.39 is 0 Å². The van der Waals surface area contributed by atoms with Crippen LogP contribution in [0.15, 0.2) is 28.7 Å². The molecule has 1 aromatic carbocycles. The van der Waals surface area contributed by atoms with Crippen LogP contribution in [0.1, 0.15) is 29.1 Å². The zero-order chi connectivity index (χ0) is 17.7. The van der Waals surface area contributed by atoms with E-state index in [9.17, 15) is 9.59 Å². The summed E-state index contributed by atoms with van der Waals surface area (Å²) in [5, 5.41) is 5.54. The molecule has 1 heterocycles. The highest BCUT2D eigenvalue weighted by Gasteiger charge is 2.17. The normalized spacial score (nSPS) is 10.7. The monoisotopic (exact) mass is 330 g/mol. The van der Waals surface area contributed by atoms with Gasteiger partial charge in [0.05, 0.1) is 12.2 Å². The van der Waals surface area contributed by atoms with Gasteiger partial charge in [-0.05, 0) is 39.2 Å². The van der Waals surface area contributed by atoms with Gasteiger partial charge in [-0.3, -0.25) is 9.59 Å². The molecule has 0 aliphatic carbocycles. The van der Waals surface area contributed by atoms with Gasteiger partial charge >= 0.3 is 0 Å². The average molecular weight is 330 g/mol. The third kappa shape index (κ3) is 4.66. The second kappa shape index (κ2) is 7.74. The first-order chi connectivity index (χ1) is 11.4. The van der Waals surface area contributed by atoms with Crippen molar-refractivity contribution in [3.8, 4) is 0 Å². The van der Waals surface area contributed by atoms with E-state index in [4.69, 9.17) is 4.42 Å². The first kappa shape index (κ1) is 17.7. The van der Waals surface area contributed by atoms with E-state index in [0.29, 0.717) is 29.4 Å². The Morgan fingerprint density at radius 2 is 1.88 bits per heavy atom. The molecule has 24 heavy (non-hydrogen) atoms. The van der Waals surface area contributed by atoms with Gasteiger partial charge in [-0.2, -0.15) is 0 Å². The fourth-order valence-corrected chi connectivity index (χ4v) is 2.16. The van der Waals surface area contributed by atoms with Crippen LogP contribution in [0.5, 0.6) is 0 Å². The third-order valence-corrected chi connectivity index (χ3v) is 3.21. The Morgan fingerprint density at radius 3 is 2.46 bits per heavy atom. The summed E-state index contributed by atoms with van der Waals surface area (Å²) >= 11 is 0. The molecule has 7 heteroatoms. The maximum atomic E-state index is 12.3. The molecule has 2 N–H and O–H groups in total. The summed E-state index contributed by atoms with van der Waals surface area (Å²) in [5.41, 5.74) is 1.74. The van der Waals surface area contributed by atoms with Crippen molar-refractivity contribution in [2.45, 2.75) is 20.3 Å². The van der Waals surface area contributed by atoms with Crippen molar-refractivity contribution in [1.29, 1.82) is 0 Å². The SMILES string of the molecule is CCc1nc(C)c(C(=O)Nc2cccc(NC(=O)CN(C)C)c2)o1. The quantitative estimate of drug-likeness (QED) is 0.848. The van der Waals surface area contributed by atoms with E-state index in [0.717, 1.165) is 0 Å². The number of likely N-dealkylation sites (N-methyl/N-ethyl adjacent to an activating group) is 1. The van der Waals surface area contributed by atoms with E-state index in [1.807, 2.05) is 21.0 Å². The topological polar surface area (TPSA) is 87.5 Å². The van der Waals surface area contributed by atoms with Gasteiger partial charge in [0.2, 0.25) is 11.7 Å². The molecule has 0 atom stereocenters. The molecule has 0 aliphatic rings. The van der Waals surface area contributed by atoms with Crippen LogP contribution < -0.4 is 10.6 Å². The summed E-state index contributed by atoms with van der Waals surface area (Å²) in [7, 11) is 3.64. The van der Waals surface area contributed by atoms with Crippen molar-refractivity contribution in [3.05, 3.63) is 41.6 Å². The Kier molecular flexibility index (Phi) is 5.70. The number of rotatable bonds is 6. The van der Waals surface area contributed by atoms with Crippen LogP contribution >= 0.6 is 0 Å². The number of benzene rings is 1. The predicted octanol–water partition coefficient (Wildman–Crippen LogP) is 2.30. The predicted molar refractivity (Wildman–Crippen MR) is 92.2 cm³/mol. The van der Waals surface area contributed by atoms with Crippen LogP contribution in [-0.4, -0.2) is 42.3 Å². The number of hydrogen-bond acceptors (Lipinski definition) is 5. The molecule has 2 aromatic rings. The van der Waals surface area contributed by atoms with E-state index >= 15 is 0 Å². The van der Waals surface area contributed by atoms with Crippen LogP contribution in [-0.2, 0) is 11.2 Å². The Morgan fingerprint density at radius 1 is 1.21 bits per heavy atom. The van der Waals surface area contributed by atoms with Crippen molar-refractivity contribution in [2.75, 3.05) is 31.3 Å². The number of carbonyl (C=O) groups excluding carboxylic acids is 2. The van der Waals surface area contributed by atoms with Gasteiger partial charge < -0.3 is 20.0 Å². The lowest BCUT2D eigenvalue weighted by atomic mass is 10.2. The molecule has 0 spiro atoms. The highest BCUT2D eigenvalue weighted by atomic mass is 16.4. The Labute approximate surface area is 141 Å². The molecule has 0 saturated heterocycles. The van der Waals surface area contributed by atoms with Gasteiger partial charge in [0.1, 0.15) is 0 Å². The minimum absolute atomic E-state index is 0.123. The zero-order valence-corrected chi connectivity index (χ0v) is 14.3. The molecular weight excluding hydrogens is 308 g/mol. The molecule has 1 aromatic heterocycles. The van der Waals surface area contributed by atoms with Crippen molar-refractivity contribution in [2.24, 2.45) is 0 Å². The first-order valence-corrected chi connectivity index (χ1v) is 7.71. The molecule has 0 radical (unpaired) electrons. The van der Waals surface area contributed by atoms with Crippen molar-refractivity contribution >= 4 is 23.2 Å². The largest absolute Gasteiger partial charge is 0.435 e. The van der Waals surface area contributed by atoms with Gasteiger partial charge in [0, 0.05) is 17.8 Å². The summed E-state index contributed by atoms with van der Waals surface area (Å²) in [6, 6.07) is 6.95. The van der Waals surface area contributed by atoms with Crippen molar-refractivity contribution < 1.29 is 14.0 Å². The number of hydrogen-bond donors (Lipinski definition) is 2. The summed E-state index contributed by atoms with van der Waals surface area (Å²) in [6.07, 6.45) is 0.626. The molecule has 0 unspecified atom stereocenters. The number of nitrogens with one attached hydrogen (secondary N) is 2. The smallest absolute Gasteiger partial charge is 0.293 e. The zero-order valence-electron chi connectivity index (χ0n) is 14.3. The van der Waals surface area contributed by atoms with Gasteiger partial charge in [-0.1, -0.05) is 13.0 Å². The van der Waals surface area contributed by atoms with Gasteiger partial charge in [-0.15, -0.1) is 0 Å². The second-order valence-corrected chi connectivity index (χ2v) is 5.70. The number of anilines is 2. The van der Waals surface area contributed by atoms with E-state index in [1.54, 1.807) is 36.1 Å². The maximum absolute atomic E-state index is 12.3. The fourth-order valence-electron chi connectivity index (χ4n) is 2.16. The Balaban J connectivity index is 2.07. The number of aryl methyl sites for hydroxylation is 2. The summed E-state index contributed by atoms with van der Waals surface area (Å²) < 4.78 is 5.44. The molecule has 0 fully saturated rings. The lowest BCUT2D eigenvalue weighted by Crippen LogP contribution is -2.27. The molecule has 0 aliphatic heterocycles. The van der Waals surface area contributed by atoms with Crippen LogP contribution in [0.3, 0.4) is 0 Å². The number of aromatic nitrogens is 1. The van der Waals surface area contributed by atoms with Crippen LogP contribution in [0.4, 0.5) is 11.4 Å². The lowest BCUT2D eigenvalue weighted by Gasteiger charge is -2.11. The number of nitrogens with zero attached hydrogens (tertiary/aromatic N) is 2. The van der Waals surface area contributed by atoms with Gasteiger partial charge in [0.25, 0.3) is 5.91 Å². The van der Waals surface area contributed by atoms with Crippen LogP contribution in [0, 0.1) is 6.92 Å². The Hall–Kier alpha value is -2.67. The third-order valence-electron chi connectivity index (χ3n) is 3.21. The van der Waals surface area contributed by atoms with Crippen LogP contribution in [0.2, 0.25) is 0 Å². The molecule has 2 rings (SSSR count). The molecule has 0 bridgehead atoms. The maximum Gasteiger partial charge on any atom is 0.293 e. The lowest BCUT2D eigenvalue weighted by molar-refractivity contribution is -0.116. The second-order valence-electron chi connectivity index (χ2n) is 5.70. The summed E-state index contributed by atoms with van der Waals surface area (Å²) in [4.78, 5) is 30.1. The van der Waals surface area contributed by atoms with Crippen molar-refractivity contribution in [1.82, 2.24) is 9.88 Å². The van der Waals surface area contributed by atoms with E-state index in [1.165, 1.54) is 0 Å². The molecule has 2 amide bonds. The minimum atomic E-state index is -0.364. The van der Waals surface area contributed by atoms with Crippen LogP contribution in [0.25, 0.3) is 0 Å². The Bertz CT molecular complexity index is 737. The highest BCUT2D eigenvalue weighted by Crippen LogP contribution is 2.18. The summed E-state index contributed by atoms with van der Waals surface area (Å²) in [5.74, 6) is 0.245. The molecule has 128 valence electrons. The minimum Gasteiger partial charge on any atom is -0.435 e. The van der Waals surface area contributed by atoms with E-state index in [2.05, 4.69) is 15.6 Å². The first-order valence-electron chi connectivity index (χ1n) is 7.71. The number of oxazole rings is 1. The summed E-state index contributed by atoms with van der Waals surface area (Å²) in [6.45, 7) is 3.93. The van der Waals surface area contributed by atoms with Gasteiger partial charge in [0.15, 0.2) is 5.89 Å². The van der Waals surface area contributed by atoms with Gasteiger partial charge in [-0.25, -0.2) is 4.98 Å². The van der Waals surface area contributed by atoms with E-state index in [-0.39, 0.29) is 24.1 Å². The molecule has 0 saturated carbocycles. The average Bonchev–Trinajstić information content (AvgIpc) is 2.88. The number of carbonyl (C=O) groups is 2. The molecule has 7 nitrogen and oxygen atoms in total.